The second-order valence-electron chi connectivity index (χ2n) is 9.46. The quantitative estimate of drug-likeness (QED) is 0.181. The van der Waals surface area contributed by atoms with Gasteiger partial charge in [0.15, 0.2) is 11.5 Å². The first-order chi connectivity index (χ1) is 18.9. The monoisotopic (exact) mass is 527 g/mol. The topological polar surface area (TPSA) is 111 Å². The lowest BCUT2D eigenvalue weighted by molar-refractivity contribution is -0.122. The molecule has 0 radical (unpaired) electrons. The van der Waals surface area contributed by atoms with Gasteiger partial charge in [-0.3, -0.25) is 4.79 Å². The molecular weight excluding hydrogens is 490 g/mol. The summed E-state index contributed by atoms with van der Waals surface area (Å²) in [5.41, 5.74) is 9.60. The number of aromatic nitrogens is 1. The van der Waals surface area contributed by atoms with Crippen LogP contribution in [0.4, 0.5) is 17.2 Å². The molecule has 0 bridgehead atoms. The van der Waals surface area contributed by atoms with Crippen LogP contribution in [0.5, 0.6) is 11.5 Å². The standard InChI is InChI=1S/C31H37N5O3/c1-5-33-24-9-7-8-21(16-24)19-35-31(37)29(23-10-13-27(39-20(3)4)28(18-23)38-6-2)36-25-11-12-26-22(17-25)14-15-34-30(26)32/h7-18,20,29,33,36H,5-6,19H2,1-4H3,(H2,32,34)(H,35,37). The number of amides is 1. The first kappa shape index (κ1) is 27.6. The van der Waals surface area contributed by atoms with Crippen LogP contribution in [0, 0.1) is 0 Å². The van der Waals surface area contributed by atoms with Crippen LogP contribution in [0.1, 0.15) is 44.9 Å². The molecule has 3 aromatic carbocycles. The molecule has 0 aliphatic carbocycles. The van der Waals surface area contributed by atoms with Gasteiger partial charge in [-0.1, -0.05) is 18.2 Å². The van der Waals surface area contributed by atoms with Gasteiger partial charge in [0, 0.05) is 36.0 Å². The molecule has 1 aromatic heterocycles. The number of fused-ring (bicyclic) bond motifs is 1. The summed E-state index contributed by atoms with van der Waals surface area (Å²) < 4.78 is 11.8. The van der Waals surface area contributed by atoms with Crippen molar-refractivity contribution in [2.45, 2.75) is 46.4 Å². The third kappa shape index (κ3) is 7.10. The summed E-state index contributed by atoms with van der Waals surface area (Å²) in [6, 6.07) is 20.6. The minimum absolute atomic E-state index is 0.00948. The Morgan fingerprint density at radius 1 is 0.974 bits per heavy atom. The Balaban J connectivity index is 1.65. The molecule has 1 amide bonds. The third-order valence-corrected chi connectivity index (χ3v) is 6.11. The maximum absolute atomic E-state index is 13.7. The highest BCUT2D eigenvalue weighted by Crippen LogP contribution is 2.33. The smallest absolute Gasteiger partial charge is 0.247 e. The van der Waals surface area contributed by atoms with Gasteiger partial charge in [-0.15, -0.1) is 0 Å². The number of nitrogen functional groups attached to an aromatic ring is 1. The number of benzene rings is 3. The number of nitrogens with one attached hydrogen (secondary N) is 3. The van der Waals surface area contributed by atoms with Gasteiger partial charge in [-0.05, 0) is 92.7 Å². The normalized spacial score (nSPS) is 11.7. The fourth-order valence-corrected chi connectivity index (χ4v) is 4.37. The van der Waals surface area contributed by atoms with Gasteiger partial charge < -0.3 is 31.2 Å². The van der Waals surface area contributed by atoms with E-state index in [4.69, 9.17) is 15.2 Å². The van der Waals surface area contributed by atoms with Gasteiger partial charge in [0.1, 0.15) is 11.9 Å². The van der Waals surface area contributed by atoms with E-state index in [1.807, 2.05) is 87.5 Å². The van der Waals surface area contributed by atoms with Crippen LogP contribution >= 0.6 is 0 Å². The van der Waals surface area contributed by atoms with Crippen molar-refractivity contribution in [3.05, 3.63) is 84.1 Å². The lowest BCUT2D eigenvalue weighted by Crippen LogP contribution is -2.33. The summed E-state index contributed by atoms with van der Waals surface area (Å²) in [5, 5.41) is 11.6. The maximum Gasteiger partial charge on any atom is 0.247 e. The number of rotatable bonds is 12. The lowest BCUT2D eigenvalue weighted by Gasteiger charge is -2.22. The van der Waals surface area contributed by atoms with Crippen LogP contribution in [0.2, 0.25) is 0 Å². The number of nitrogens with zero attached hydrogens (tertiary/aromatic N) is 1. The Morgan fingerprint density at radius 3 is 2.59 bits per heavy atom. The van der Waals surface area contributed by atoms with E-state index < -0.39 is 6.04 Å². The minimum Gasteiger partial charge on any atom is -0.490 e. The fraction of sp³-hybridized carbons (Fsp3) is 0.290. The highest BCUT2D eigenvalue weighted by Gasteiger charge is 2.23. The van der Waals surface area contributed by atoms with Crippen molar-refractivity contribution in [2.75, 3.05) is 29.5 Å². The average molecular weight is 528 g/mol. The third-order valence-electron chi connectivity index (χ3n) is 6.11. The zero-order chi connectivity index (χ0) is 27.8. The van der Waals surface area contributed by atoms with Crippen molar-refractivity contribution in [3.8, 4) is 11.5 Å². The van der Waals surface area contributed by atoms with Gasteiger partial charge in [-0.2, -0.15) is 0 Å². The number of nitrogens with two attached hydrogens (primary N) is 1. The summed E-state index contributed by atoms with van der Waals surface area (Å²) in [4.78, 5) is 17.9. The molecule has 1 heterocycles. The van der Waals surface area contributed by atoms with Crippen LogP contribution < -0.4 is 31.2 Å². The van der Waals surface area contributed by atoms with Gasteiger partial charge in [0.05, 0.1) is 12.7 Å². The summed E-state index contributed by atoms with van der Waals surface area (Å²) in [7, 11) is 0. The average Bonchev–Trinajstić information content (AvgIpc) is 2.92. The molecule has 5 N–H and O–H groups in total. The van der Waals surface area contributed by atoms with E-state index in [2.05, 4.69) is 27.9 Å². The molecule has 0 saturated heterocycles. The number of pyridine rings is 1. The molecule has 8 nitrogen and oxygen atoms in total. The van der Waals surface area contributed by atoms with Crippen molar-refractivity contribution in [1.29, 1.82) is 0 Å². The molecule has 204 valence electrons. The number of ether oxygens (including phenoxy) is 2. The molecule has 0 saturated carbocycles. The van der Waals surface area contributed by atoms with Crippen molar-refractivity contribution < 1.29 is 14.3 Å². The zero-order valence-corrected chi connectivity index (χ0v) is 23.0. The summed E-state index contributed by atoms with van der Waals surface area (Å²) in [6.45, 7) is 9.60. The van der Waals surface area contributed by atoms with E-state index in [-0.39, 0.29) is 12.0 Å². The lowest BCUT2D eigenvalue weighted by atomic mass is 10.0. The Bertz CT molecular complexity index is 1420. The SMILES string of the molecule is CCNc1cccc(CNC(=O)C(Nc2ccc3c(N)nccc3c2)c2ccc(OC(C)C)c(OCC)c2)c1. The van der Waals surface area contributed by atoms with E-state index in [1.54, 1.807) is 6.20 Å². The van der Waals surface area contributed by atoms with Crippen molar-refractivity contribution in [2.24, 2.45) is 0 Å². The Labute approximate surface area is 229 Å². The number of carbonyl (C=O) groups is 1. The molecule has 39 heavy (non-hydrogen) atoms. The van der Waals surface area contributed by atoms with Gasteiger partial charge in [0.2, 0.25) is 5.91 Å². The van der Waals surface area contributed by atoms with Gasteiger partial charge in [-0.25, -0.2) is 4.98 Å². The molecule has 4 rings (SSSR count). The summed E-state index contributed by atoms with van der Waals surface area (Å²) in [5.74, 6) is 1.54. The Morgan fingerprint density at radius 2 is 1.82 bits per heavy atom. The molecule has 1 unspecified atom stereocenters. The zero-order valence-electron chi connectivity index (χ0n) is 23.0. The number of carbonyl (C=O) groups excluding carboxylic acids is 1. The van der Waals surface area contributed by atoms with Crippen LogP contribution in [-0.4, -0.2) is 30.1 Å². The highest BCUT2D eigenvalue weighted by molar-refractivity contribution is 5.94. The van der Waals surface area contributed by atoms with Crippen molar-refractivity contribution in [1.82, 2.24) is 10.3 Å². The van der Waals surface area contributed by atoms with E-state index in [9.17, 15) is 4.79 Å². The molecular formula is C31H37N5O3. The highest BCUT2D eigenvalue weighted by atomic mass is 16.5. The fourth-order valence-electron chi connectivity index (χ4n) is 4.37. The van der Waals surface area contributed by atoms with Crippen LogP contribution in [-0.2, 0) is 11.3 Å². The molecule has 0 aliphatic rings. The second-order valence-corrected chi connectivity index (χ2v) is 9.46. The maximum atomic E-state index is 13.7. The molecule has 0 spiro atoms. The van der Waals surface area contributed by atoms with Gasteiger partial charge in [0.25, 0.3) is 0 Å². The molecule has 1 atom stereocenters. The van der Waals surface area contributed by atoms with E-state index >= 15 is 0 Å². The molecule has 0 fully saturated rings. The minimum atomic E-state index is -0.689. The van der Waals surface area contributed by atoms with Crippen LogP contribution in [0.15, 0.2) is 72.9 Å². The number of hydrogen-bond donors (Lipinski definition) is 4. The Hall–Kier alpha value is -4.46. The first-order valence-corrected chi connectivity index (χ1v) is 13.3. The summed E-state index contributed by atoms with van der Waals surface area (Å²) >= 11 is 0. The van der Waals surface area contributed by atoms with E-state index in [0.29, 0.717) is 30.5 Å². The van der Waals surface area contributed by atoms with Crippen LogP contribution in [0.3, 0.4) is 0 Å². The first-order valence-electron chi connectivity index (χ1n) is 13.3. The molecule has 4 aromatic rings. The summed E-state index contributed by atoms with van der Waals surface area (Å²) in [6.07, 6.45) is 1.67. The van der Waals surface area contributed by atoms with Crippen molar-refractivity contribution >= 4 is 33.9 Å². The van der Waals surface area contributed by atoms with E-state index in [1.165, 1.54) is 0 Å². The predicted octanol–water partition coefficient (Wildman–Crippen LogP) is 5.90. The second kappa shape index (κ2) is 12.9. The van der Waals surface area contributed by atoms with Crippen LogP contribution in [0.25, 0.3) is 10.8 Å². The molecule has 8 heteroatoms. The van der Waals surface area contributed by atoms with E-state index in [0.717, 1.165) is 39.8 Å². The Kier molecular flexibility index (Phi) is 9.10. The van der Waals surface area contributed by atoms with Crippen molar-refractivity contribution in [3.63, 3.8) is 0 Å². The predicted molar refractivity (Wildman–Crippen MR) is 158 cm³/mol. The largest absolute Gasteiger partial charge is 0.490 e. The molecule has 0 aliphatic heterocycles. The number of hydrogen-bond acceptors (Lipinski definition) is 7. The van der Waals surface area contributed by atoms with Gasteiger partial charge >= 0.3 is 0 Å². The number of anilines is 3.